The van der Waals surface area contributed by atoms with Crippen molar-refractivity contribution in [3.63, 3.8) is 0 Å². The van der Waals surface area contributed by atoms with Gasteiger partial charge in [0.1, 0.15) is 0 Å². The summed E-state index contributed by atoms with van der Waals surface area (Å²) in [5, 5.41) is 0. The van der Waals surface area contributed by atoms with Gasteiger partial charge in [-0.3, -0.25) is 0 Å². The summed E-state index contributed by atoms with van der Waals surface area (Å²) in [4.78, 5) is 8.55. The lowest BCUT2D eigenvalue weighted by Crippen LogP contribution is -2.08. The number of aromatic nitrogens is 2. The Labute approximate surface area is 82.1 Å². The molecule has 0 amide bonds. The molecular formula is C10H13N3O. The van der Waals surface area contributed by atoms with Crippen LogP contribution in [0.4, 0.5) is 0 Å². The van der Waals surface area contributed by atoms with Crippen molar-refractivity contribution in [2.45, 2.75) is 19.8 Å². The first-order valence-electron chi connectivity index (χ1n) is 4.65. The molecule has 2 N–H and O–H groups in total. The monoisotopic (exact) mass is 191 g/mol. The van der Waals surface area contributed by atoms with Crippen LogP contribution >= 0.6 is 0 Å². The van der Waals surface area contributed by atoms with Crippen molar-refractivity contribution in [1.29, 1.82) is 0 Å². The minimum Gasteiger partial charge on any atom is -0.439 e. The van der Waals surface area contributed by atoms with Crippen LogP contribution in [0.25, 0.3) is 11.2 Å². The zero-order valence-corrected chi connectivity index (χ0v) is 8.32. The fraction of sp³-hybridized carbons (Fsp3) is 0.400. The second kappa shape index (κ2) is 3.38. The highest BCUT2D eigenvalue weighted by Gasteiger charge is 2.12. The lowest BCUT2D eigenvalue weighted by molar-refractivity contribution is 0.489. The smallest absolute Gasteiger partial charge is 0.201 e. The predicted octanol–water partition coefficient (Wildman–Crippen LogP) is 1.59. The van der Waals surface area contributed by atoms with Crippen LogP contribution in [-0.4, -0.2) is 16.5 Å². The van der Waals surface area contributed by atoms with Crippen LogP contribution < -0.4 is 5.73 Å². The quantitative estimate of drug-likeness (QED) is 0.782. The molecule has 2 aromatic rings. The van der Waals surface area contributed by atoms with Gasteiger partial charge >= 0.3 is 0 Å². The van der Waals surface area contributed by atoms with E-state index < -0.39 is 0 Å². The van der Waals surface area contributed by atoms with Crippen LogP contribution in [-0.2, 0) is 0 Å². The molecule has 2 aromatic heterocycles. The van der Waals surface area contributed by atoms with E-state index >= 15 is 0 Å². The lowest BCUT2D eigenvalue weighted by atomic mass is 10.2. The summed E-state index contributed by atoms with van der Waals surface area (Å²) in [5.74, 6) is 0.810. The summed E-state index contributed by atoms with van der Waals surface area (Å²) in [6.45, 7) is 4.45. The largest absolute Gasteiger partial charge is 0.439 e. The molecule has 14 heavy (non-hydrogen) atoms. The molecular weight excluding hydrogens is 178 g/mol. The first kappa shape index (κ1) is 9.15. The Hall–Kier alpha value is -1.42. The van der Waals surface area contributed by atoms with E-state index in [1.165, 1.54) is 0 Å². The molecule has 0 spiro atoms. The summed E-state index contributed by atoms with van der Waals surface area (Å²) in [5.41, 5.74) is 7.87. The van der Waals surface area contributed by atoms with Gasteiger partial charge in [0.25, 0.3) is 0 Å². The van der Waals surface area contributed by atoms with Gasteiger partial charge < -0.3 is 10.2 Å². The summed E-state index contributed by atoms with van der Waals surface area (Å²) < 4.78 is 5.52. The lowest BCUT2D eigenvalue weighted by Gasteiger charge is -1.99. The van der Waals surface area contributed by atoms with Crippen molar-refractivity contribution in [2.24, 2.45) is 5.73 Å². The van der Waals surface area contributed by atoms with Crippen molar-refractivity contribution < 1.29 is 4.42 Å². The molecule has 1 atom stereocenters. The third-order valence-electron chi connectivity index (χ3n) is 2.18. The Kier molecular flexibility index (Phi) is 2.21. The van der Waals surface area contributed by atoms with Gasteiger partial charge in [0.15, 0.2) is 11.2 Å². The van der Waals surface area contributed by atoms with Crippen molar-refractivity contribution in [3.8, 4) is 0 Å². The van der Waals surface area contributed by atoms with Crippen molar-refractivity contribution in [1.82, 2.24) is 9.97 Å². The van der Waals surface area contributed by atoms with E-state index in [0.29, 0.717) is 18.1 Å². The Morgan fingerprint density at radius 2 is 2.21 bits per heavy atom. The molecule has 2 rings (SSSR count). The number of hydrogen-bond acceptors (Lipinski definition) is 4. The number of aryl methyl sites for hydroxylation is 1. The fourth-order valence-corrected chi connectivity index (χ4v) is 1.24. The van der Waals surface area contributed by atoms with Crippen molar-refractivity contribution >= 4 is 11.2 Å². The van der Waals surface area contributed by atoms with Gasteiger partial charge in [-0.15, -0.1) is 0 Å². The second-order valence-corrected chi connectivity index (χ2v) is 3.46. The maximum absolute atomic E-state index is 5.54. The molecule has 0 aliphatic heterocycles. The van der Waals surface area contributed by atoms with E-state index in [1.54, 1.807) is 0 Å². The molecule has 0 saturated carbocycles. The standard InChI is InChI=1S/C10H13N3O/c1-6(5-11)10-13-9-8(14-10)4-3-7(2)12-9/h3-4,6H,5,11H2,1-2H3. The number of fused-ring (bicyclic) bond motifs is 1. The second-order valence-electron chi connectivity index (χ2n) is 3.46. The van der Waals surface area contributed by atoms with Gasteiger partial charge in [0.2, 0.25) is 5.89 Å². The normalized spacial score (nSPS) is 13.4. The average Bonchev–Trinajstić information content (AvgIpc) is 2.59. The molecule has 0 fully saturated rings. The van der Waals surface area contributed by atoms with E-state index in [0.717, 1.165) is 11.3 Å². The molecule has 0 aliphatic rings. The summed E-state index contributed by atoms with van der Waals surface area (Å²) >= 11 is 0. The Balaban J connectivity index is 2.51. The maximum Gasteiger partial charge on any atom is 0.201 e. The predicted molar refractivity (Wildman–Crippen MR) is 54.0 cm³/mol. The Morgan fingerprint density at radius 3 is 2.93 bits per heavy atom. The number of nitrogens with two attached hydrogens (primary N) is 1. The van der Waals surface area contributed by atoms with Gasteiger partial charge in [-0.2, -0.15) is 4.98 Å². The van der Waals surface area contributed by atoms with Gasteiger partial charge in [-0.1, -0.05) is 6.92 Å². The zero-order valence-electron chi connectivity index (χ0n) is 8.32. The first-order valence-corrected chi connectivity index (χ1v) is 4.65. The topological polar surface area (TPSA) is 64.9 Å². The number of pyridine rings is 1. The van der Waals surface area contributed by atoms with Crippen LogP contribution in [0.3, 0.4) is 0 Å². The summed E-state index contributed by atoms with van der Waals surface area (Å²) in [6.07, 6.45) is 0. The Bertz CT molecular complexity index is 450. The van der Waals surface area contributed by atoms with E-state index in [9.17, 15) is 0 Å². The zero-order chi connectivity index (χ0) is 10.1. The highest BCUT2D eigenvalue weighted by atomic mass is 16.3. The molecule has 0 aliphatic carbocycles. The van der Waals surface area contributed by atoms with Crippen LogP contribution in [0.5, 0.6) is 0 Å². The molecule has 0 saturated heterocycles. The minimum atomic E-state index is 0.143. The molecule has 0 bridgehead atoms. The van der Waals surface area contributed by atoms with E-state index in [4.69, 9.17) is 10.2 Å². The molecule has 1 unspecified atom stereocenters. The van der Waals surface area contributed by atoms with E-state index in [2.05, 4.69) is 9.97 Å². The number of oxazole rings is 1. The minimum absolute atomic E-state index is 0.143. The highest BCUT2D eigenvalue weighted by Crippen LogP contribution is 2.19. The van der Waals surface area contributed by atoms with Crippen LogP contribution in [0.15, 0.2) is 16.5 Å². The first-order chi connectivity index (χ1) is 6.70. The van der Waals surface area contributed by atoms with Gasteiger partial charge in [0.05, 0.1) is 0 Å². The van der Waals surface area contributed by atoms with Crippen molar-refractivity contribution in [3.05, 3.63) is 23.7 Å². The Morgan fingerprint density at radius 1 is 1.43 bits per heavy atom. The average molecular weight is 191 g/mol. The molecule has 0 aromatic carbocycles. The number of rotatable bonds is 2. The molecule has 4 heteroatoms. The third-order valence-corrected chi connectivity index (χ3v) is 2.18. The molecule has 2 heterocycles. The SMILES string of the molecule is Cc1ccc2oc(C(C)CN)nc2n1. The maximum atomic E-state index is 5.54. The molecule has 0 radical (unpaired) electrons. The van der Waals surface area contributed by atoms with E-state index in [-0.39, 0.29) is 5.92 Å². The third kappa shape index (κ3) is 1.48. The van der Waals surface area contributed by atoms with Crippen LogP contribution in [0.1, 0.15) is 24.4 Å². The summed E-state index contributed by atoms with van der Waals surface area (Å²) in [6, 6.07) is 3.79. The van der Waals surface area contributed by atoms with Crippen LogP contribution in [0, 0.1) is 6.92 Å². The van der Waals surface area contributed by atoms with Gasteiger partial charge in [-0.05, 0) is 19.1 Å². The summed E-state index contributed by atoms with van der Waals surface area (Å²) in [7, 11) is 0. The van der Waals surface area contributed by atoms with Gasteiger partial charge in [0, 0.05) is 18.2 Å². The van der Waals surface area contributed by atoms with Gasteiger partial charge in [-0.25, -0.2) is 4.98 Å². The fourth-order valence-electron chi connectivity index (χ4n) is 1.24. The van der Waals surface area contributed by atoms with Crippen molar-refractivity contribution in [2.75, 3.05) is 6.54 Å². The highest BCUT2D eigenvalue weighted by molar-refractivity contribution is 5.67. The van der Waals surface area contributed by atoms with E-state index in [1.807, 2.05) is 26.0 Å². The molecule has 4 nitrogen and oxygen atoms in total. The number of hydrogen-bond donors (Lipinski definition) is 1. The van der Waals surface area contributed by atoms with Crippen LogP contribution in [0.2, 0.25) is 0 Å². The molecule has 74 valence electrons. The number of nitrogens with zero attached hydrogens (tertiary/aromatic N) is 2.